The third kappa shape index (κ3) is 4.33. The molecule has 0 radical (unpaired) electrons. The molecular formula is C27H14BrF3O4. The van der Waals surface area contributed by atoms with Crippen LogP contribution in [0.3, 0.4) is 0 Å². The fraction of sp³-hybridized carbons (Fsp3) is 0.0370. The minimum absolute atomic E-state index is 0.0586. The first-order valence-corrected chi connectivity index (χ1v) is 11.2. The van der Waals surface area contributed by atoms with Crippen LogP contribution >= 0.6 is 15.9 Å². The Morgan fingerprint density at radius 3 is 2.37 bits per heavy atom. The van der Waals surface area contributed by atoms with E-state index < -0.39 is 28.9 Å². The van der Waals surface area contributed by atoms with Gasteiger partial charge in [-0.15, -0.1) is 0 Å². The first kappa shape index (κ1) is 22.9. The molecule has 0 fully saturated rings. The van der Waals surface area contributed by atoms with E-state index in [-0.39, 0.29) is 27.8 Å². The zero-order chi connectivity index (χ0) is 24.7. The van der Waals surface area contributed by atoms with Gasteiger partial charge in [-0.05, 0) is 46.7 Å². The summed E-state index contributed by atoms with van der Waals surface area (Å²) in [7, 11) is 0. The van der Waals surface area contributed by atoms with Crippen LogP contribution in [-0.2, 0) is 6.18 Å². The van der Waals surface area contributed by atoms with Crippen molar-refractivity contribution in [3.8, 4) is 16.9 Å². The Morgan fingerprint density at radius 1 is 0.857 bits per heavy atom. The second-order valence-corrected chi connectivity index (χ2v) is 8.63. The van der Waals surface area contributed by atoms with Gasteiger partial charge in [-0.3, -0.25) is 4.79 Å². The lowest BCUT2D eigenvalue weighted by Gasteiger charge is -2.14. The van der Waals surface area contributed by atoms with Gasteiger partial charge in [0.25, 0.3) is 0 Å². The molecule has 0 aliphatic rings. The van der Waals surface area contributed by atoms with Crippen molar-refractivity contribution in [2.45, 2.75) is 6.18 Å². The Morgan fingerprint density at radius 2 is 1.60 bits per heavy atom. The smallest absolute Gasteiger partial charge is 0.450 e. The molecule has 8 heteroatoms. The summed E-state index contributed by atoms with van der Waals surface area (Å²) >= 11 is 3.26. The highest BCUT2D eigenvalue weighted by atomic mass is 79.9. The molecule has 5 rings (SSSR count). The average molecular weight is 539 g/mol. The third-order valence-corrected chi connectivity index (χ3v) is 5.94. The molecular weight excluding hydrogens is 525 g/mol. The van der Waals surface area contributed by atoms with E-state index >= 15 is 0 Å². The quantitative estimate of drug-likeness (QED) is 0.175. The Hall–Kier alpha value is -3.91. The number of carbonyl (C=O) groups is 1. The number of hydrogen-bond donors (Lipinski definition) is 0. The van der Waals surface area contributed by atoms with Gasteiger partial charge in [-0.1, -0.05) is 64.5 Å². The Kier molecular flexibility index (Phi) is 5.68. The number of esters is 1. The Balaban J connectivity index is 1.67. The second kappa shape index (κ2) is 8.70. The molecule has 0 unspecified atom stereocenters. The van der Waals surface area contributed by atoms with E-state index in [0.717, 1.165) is 6.07 Å². The van der Waals surface area contributed by atoms with Gasteiger partial charge in [0.2, 0.25) is 11.2 Å². The number of ether oxygens (including phenoxy) is 1. The Bertz CT molecular complexity index is 1670. The maximum absolute atomic E-state index is 14.1. The monoisotopic (exact) mass is 538 g/mol. The molecule has 4 nitrogen and oxygen atoms in total. The Labute approximate surface area is 204 Å². The minimum atomic E-state index is -4.94. The van der Waals surface area contributed by atoms with Gasteiger partial charge in [-0.25, -0.2) is 4.79 Å². The molecule has 4 aromatic carbocycles. The van der Waals surface area contributed by atoms with E-state index in [1.54, 1.807) is 54.6 Å². The molecule has 0 saturated heterocycles. The van der Waals surface area contributed by atoms with E-state index in [1.807, 2.05) is 0 Å². The van der Waals surface area contributed by atoms with Gasteiger partial charge in [0, 0.05) is 10.5 Å². The van der Waals surface area contributed by atoms with Crippen molar-refractivity contribution in [3.05, 3.63) is 111 Å². The van der Waals surface area contributed by atoms with Crippen LogP contribution < -0.4 is 10.2 Å². The van der Waals surface area contributed by atoms with Crippen molar-refractivity contribution in [3.63, 3.8) is 0 Å². The van der Waals surface area contributed by atoms with Crippen LogP contribution in [0, 0.1) is 0 Å². The van der Waals surface area contributed by atoms with Crippen LogP contribution in [0.15, 0.2) is 98.6 Å². The van der Waals surface area contributed by atoms with Crippen LogP contribution in [0.2, 0.25) is 0 Å². The average Bonchev–Trinajstić information content (AvgIpc) is 2.83. The summed E-state index contributed by atoms with van der Waals surface area (Å²) in [6.45, 7) is 0. The lowest BCUT2D eigenvalue weighted by Crippen LogP contribution is -2.16. The van der Waals surface area contributed by atoms with E-state index in [4.69, 9.17) is 9.15 Å². The maximum Gasteiger partial charge on any atom is 0.450 e. The molecule has 0 saturated carbocycles. The third-order valence-electron chi connectivity index (χ3n) is 5.45. The summed E-state index contributed by atoms with van der Waals surface area (Å²) < 4.78 is 53.5. The zero-order valence-corrected chi connectivity index (χ0v) is 19.3. The summed E-state index contributed by atoms with van der Waals surface area (Å²) in [6.07, 6.45) is -4.94. The summed E-state index contributed by atoms with van der Waals surface area (Å²) in [4.78, 5) is 25.8. The van der Waals surface area contributed by atoms with E-state index in [2.05, 4.69) is 15.9 Å². The van der Waals surface area contributed by atoms with Crippen LogP contribution in [0.5, 0.6) is 5.75 Å². The summed E-state index contributed by atoms with van der Waals surface area (Å²) in [6, 6.07) is 21.8. The zero-order valence-electron chi connectivity index (χ0n) is 17.7. The lowest BCUT2D eigenvalue weighted by atomic mass is 9.96. The summed E-state index contributed by atoms with van der Waals surface area (Å²) in [5.41, 5.74) is -1.38. The number of fused-ring (bicyclic) bond motifs is 2. The molecule has 0 bridgehead atoms. The van der Waals surface area contributed by atoms with Crippen LogP contribution in [0.4, 0.5) is 13.2 Å². The molecule has 35 heavy (non-hydrogen) atoms. The molecule has 0 aliphatic carbocycles. The van der Waals surface area contributed by atoms with Crippen LogP contribution in [0.25, 0.3) is 32.9 Å². The first-order valence-electron chi connectivity index (χ1n) is 10.4. The predicted octanol–water partition coefficient (Wildman–Crippen LogP) is 7.61. The van der Waals surface area contributed by atoms with Gasteiger partial charge in [0.1, 0.15) is 11.3 Å². The van der Waals surface area contributed by atoms with E-state index in [0.29, 0.717) is 15.2 Å². The standard InChI is InChI=1S/C27H14BrF3O4/c28-17-8-3-7-16(13-17)26(33)34-18-11-12-21-22(14-18)35-25(27(29,30)31)23(24(21)32)20-10-4-6-15-5-1-2-9-19(15)20/h1-14H. The molecule has 1 aromatic heterocycles. The molecule has 1 heterocycles. The van der Waals surface area contributed by atoms with Crippen molar-refractivity contribution >= 4 is 43.6 Å². The minimum Gasteiger partial charge on any atom is -0.450 e. The number of halogens is 4. The van der Waals surface area contributed by atoms with Gasteiger partial charge in [-0.2, -0.15) is 13.2 Å². The number of benzene rings is 4. The number of hydrogen-bond acceptors (Lipinski definition) is 4. The number of rotatable bonds is 3. The van der Waals surface area contributed by atoms with Gasteiger partial charge >= 0.3 is 12.1 Å². The van der Waals surface area contributed by atoms with Crippen molar-refractivity contribution in [1.82, 2.24) is 0 Å². The topological polar surface area (TPSA) is 56.5 Å². The van der Waals surface area contributed by atoms with Crippen LogP contribution in [-0.4, -0.2) is 5.97 Å². The number of alkyl halides is 3. The van der Waals surface area contributed by atoms with Crippen molar-refractivity contribution in [2.75, 3.05) is 0 Å². The highest BCUT2D eigenvalue weighted by molar-refractivity contribution is 9.10. The van der Waals surface area contributed by atoms with E-state index in [9.17, 15) is 22.8 Å². The summed E-state index contributed by atoms with van der Waals surface area (Å²) in [5.74, 6) is -2.19. The molecule has 0 aliphatic heterocycles. The van der Waals surface area contributed by atoms with Crippen molar-refractivity contribution in [1.29, 1.82) is 0 Å². The highest BCUT2D eigenvalue weighted by Gasteiger charge is 2.39. The van der Waals surface area contributed by atoms with Gasteiger partial charge < -0.3 is 9.15 Å². The number of carbonyl (C=O) groups excluding carboxylic acids is 1. The molecule has 174 valence electrons. The molecule has 0 N–H and O–H groups in total. The molecule has 0 atom stereocenters. The predicted molar refractivity (Wildman–Crippen MR) is 130 cm³/mol. The highest BCUT2D eigenvalue weighted by Crippen LogP contribution is 2.39. The van der Waals surface area contributed by atoms with E-state index in [1.165, 1.54) is 24.3 Å². The maximum atomic E-state index is 14.1. The SMILES string of the molecule is O=C(Oc1ccc2c(=O)c(-c3cccc4ccccc34)c(C(F)(F)F)oc2c1)c1cccc(Br)c1. The van der Waals surface area contributed by atoms with Crippen LogP contribution in [0.1, 0.15) is 16.1 Å². The van der Waals surface area contributed by atoms with Gasteiger partial charge in [0.15, 0.2) is 0 Å². The largest absolute Gasteiger partial charge is 0.450 e. The molecule has 0 spiro atoms. The summed E-state index contributed by atoms with van der Waals surface area (Å²) in [5, 5.41) is 1.11. The fourth-order valence-corrected chi connectivity index (χ4v) is 4.31. The van der Waals surface area contributed by atoms with Crippen molar-refractivity contribution < 1.29 is 27.1 Å². The second-order valence-electron chi connectivity index (χ2n) is 7.72. The van der Waals surface area contributed by atoms with Crippen molar-refractivity contribution in [2.24, 2.45) is 0 Å². The van der Waals surface area contributed by atoms with Gasteiger partial charge in [0.05, 0.1) is 16.5 Å². The fourth-order valence-electron chi connectivity index (χ4n) is 3.91. The molecule has 0 amide bonds. The first-order chi connectivity index (χ1) is 16.7. The molecule has 5 aromatic rings. The lowest BCUT2D eigenvalue weighted by molar-refractivity contribution is -0.152. The normalized spacial score (nSPS) is 11.7.